The highest BCUT2D eigenvalue weighted by molar-refractivity contribution is 5.89. The first-order valence-corrected chi connectivity index (χ1v) is 9.73. The number of carbonyl (C=O) groups excluding carboxylic acids is 1. The lowest BCUT2D eigenvalue weighted by atomic mass is 9.89. The van der Waals surface area contributed by atoms with Gasteiger partial charge in [-0.25, -0.2) is 4.79 Å². The van der Waals surface area contributed by atoms with Crippen LogP contribution in [0.4, 0.5) is 10.5 Å². The number of urea groups is 1. The van der Waals surface area contributed by atoms with Gasteiger partial charge in [0.1, 0.15) is 5.75 Å². The maximum atomic E-state index is 12.3. The van der Waals surface area contributed by atoms with Crippen molar-refractivity contribution in [2.75, 3.05) is 25.5 Å². The van der Waals surface area contributed by atoms with Gasteiger partial charge in [-0.2, -0.15) is 4.98 Å². The second-order valence-corrected chi connectivity index (χ2v) is 6.94. The number of amides is 2. The molecule has 7 nitrogen and oxygen atoms in total. The van der Waals surface area contributed by atoms with E-state index in [9.17, 15) is 4.79 Å². The summed E-state index contributed by atoms with van der Waals surface area (Å²) in [4.78, 5) is 18.5. The summed E-state index contributed by atoms with van der Waals surface area (Å²) in [5.41, 5.74) is 0.731. The topological polar surface area (TPSA) is 80.5 Å². The molecule has 1 aliphatic rings. The number of aromatic nitrogens is 2. The molecule has 3 rings (SSSR count). The van der Waals surface area contributed by atoms with Gasteiger partial charge in [0.2, 0.25) is 5.89 Å². The van der Waals surface area contributed by atoms with E-state index in [0.29, 0.717) is 31.3 Å². The molecule has 146 valence electrons. The second-order valence-electron chi connectivity index (χ2n) is 6.94. The fraction of sp³-hybridized carbons (Fsp3) is 0.550. The molecule has 0 bridgehead atoms. The minimum absolute atomic E-state index is 0.171. The number of likely N-dealkylation sites (N-methyl/N-ethyl adjacent to an activating group) is 1. The number of hydrogen-bond acceptors (Lipinski definition) is 5. The predicted molar refractivity (Wildman–Crippen MR) is 103 cm³/mol. The molecule has 2 amide bonds. The number of rotatable bonds is 7. The first-order chi connectivity index (χ1) is 13.2. The Morgan fingerprint density at radius 2 is 2.00 bits per heavy atom. The fourth-order valence-electron chi connectivity index (χ4n) is 3.27. The van der Waals surface area contributed by atoms with Crippen LogP contribution in [-0.2, 0) is 6.42 Å². The smallest absolute Gasteiger partial charge is 0.321 e. The quantitative estimate of drug-likeness (QED) is 0.787. The number of nitrogens with one attached hydrogen (secondary N) is 1. The standard InChI is InChI=1S/C20H28N4O3/c1-3-26-17-11-9-16(10-12-17)21-20(25)24(2)14-13-18-22-19(27-23-18)15-7-5-4-6-8-15/h9-12,15H,3-8,13-14H2,1-2H3,(H,21,25). The Labute approximate surface area is 160 Å². The maximum absolute atomic E-state index is 12.3. The van der Waals surface area contributed by atoms with Crippen LogP contribution >= 0.6 is 0 Å². The number of carbonyl (C=O) groups is 1. The third kappa shape index (κ3) is 5.45. The van der Waals surface area contributed by atoms with E-state index >= 15 is 0 Å². The van der Waals surface area contributed by atoms with E-state index in [1.54, 1.807) is 11.9 Å². The highest BCUT2D eigenvalue weighted by atomic mass is 16.5. The Bertz CT molecular complexity index is 723. The van der Waals surface area contributed by atoms with E-state index in [-0.39, 0.29) is 6.03 Å². The van der Waals surface area contributed by atoms with Gasteiger partial charge in [-0.1, -0.05) is 24.4 Å². The zero-order chi connectivity index (χ0) is 19.1. The molecule has 1 fully saturated rings. The van der Waals surface area contributed by atoms with Crippen LogP contribution in [-0.4, -0.2) is 41.3 Å². The monoisotopic (exact) mass is 372 g/mol. The zero-order valence-corrected chi connectivity index (χ0v) is 16.1. The summed E-state index contributed by atoms with van der Waals surface area (Å²) in [7, 11) is 1.76. The van der Waals surface area contributed by atoms with Gasteiger partial charge >= 0.3 is 6.03 Å². The molecule has 1 aromatic heterocycles. The molecule has 7 heteroatoms. The number of anilines is 1. The van der Waals surface area contributed by atoms with Crippen molar-refractivity contribution in [1.29, 1.82) is 0 Å². The first-order valence-electron chi connectivity index (χ1n) is 9.73. The van der Waals surface area contributed by atoms with Gasteiger partial charge in [0.05, 0.1) is 6.61 Å². The van der Waals surface area contributed by atoms with Crippen molar-refractivity contribution in [1.82, 2.24) is 15.0 Å². The Morgan fingerprint density at radius 3 is 2.70 bits per heavy atom. The van der Waals surface area contributed by atoms with E-state index in [2.05, 4.69) is 15.5 Å². The van der Waals surface area contributed by atoms with Crippen LogP contribution in [0, 0.1) is 0 Å². The maximum Gasteiger partial charge on any atom is 0.321 e. The highest BCUT2D eigenvalue weighted by Gasteiger charge is 2.21. The van der Waals surface area contributed by atoms with Crippen molar-refractivity contribution in [3.63, 3.8) is 0 Å². The minimum Gasteiger partial charge on any atom is -0.494 e. The molecule has 1 N–H and O–H groups in total. The normalized spacial score (nSPS) is 14.7. The van der Waals surface area contributed by atoms with Crippen molar-refractivity contribution in [3.8, 4) is 5.75 Å². The van der Waals surface area contributed by atoms with Gasteiger partial charge in [-0.05, 0) is 44.0 Å². The largest absolute Gasteiger partial charge is 0.494 e. The Balaban J connectivity index is 1.46. The summed E-state index contributed by atoms with van der Waals surface area (Å²) in [5.74, 6) is 2.61. The second kappa shape index (κ2) is 9.39. The molecule has 0 aliphatic heterocycles. The molecule has 0 unspecified atom stereocenters. The van der Waals surface area contributed by atoms with Crippen molar-refractivity contribution in [2.24, 2.45) is 0 Å². The third-order valence-corrected chi connectivity index (χ3v) is 4.87. The molecule has 0 spiro atoms. The fourth-order valence-corrected chi connectivity index (χ4v) is 3.27. The molecule has 1 aliphatic carbocycles. The van der Waals surface area contributed by atoms with E-state index < -0.39 is 0 Å². The molecule has 1 saturated carbocycles. The summed E-state index contributed by atoms with van der Waals surface area (Å²) in [6, 6.07) is 7.16. The number of benzene rings is 1. The lowest BCUT2D eigenvalue weighted by Crippen LogP contribution is -2.33. The van der Waals surface area contributed by atoms with Crippen molar-refractivity contribution < 1.29 is 14.1 Å². The Kier molecular flexibility index (Phi) is 6.68. The number of hydrogen-bond donors (Lipinski definition) is 1. The van der Waals surface area contributed by atoms with Crippen molar-refractivity contribution in [2.45, 2.75) is 51.4 Å². The highest BCUT2D eigenvalue weighted by Crippen LogP contribution is 2.31. The number of nitrogens with zero attached hydrogens (tertiary/aromatic N) is 3. The molecular formula is C20H28N4O3. The Hall–Kier alpha value is -2.57. The van der Waals surface area contributed by atoms with Gasteiger partial charge in [-0.15, -0.1) is 0 Å². The van der Waals surface area contributed by atoms with Gasteiger partial charge in [0.25, 0.3) is 0 Å². The van der Waals surface area contributed by atoms with E-state index in [0.717, 1.165) is 30.2 Å². The third-order valence-electron chi connectivity index (χ3n) is 4.87. The van der Waals surface area contributed by atoms with Crippen LogP contribution in [0.2, 0.25) is 0 Å². The lowest BCUT2D eigenvalue weighted by Gasteiger charge is -2.17. The van der Waals surface area contributed by atoms with Gasteiger partial charge < -0.3 is 19.5 Å². The predicted octanol–water partition coefficient (Wildman–Crippen LogP) is 4.22. The molecule has 27 heavy (non-hydrogen) atoms. The van der Waals surface area contributed by atoms with Crippen LogP contribution < -0.4 is 10.1 Å². The van der Waals surface area contributed by atoms with Crippen molar-refractivity contribution in [3.05, 3.63) is 36.0 Å². The molecule has 0 atom stereocenters. The molecule has 1 aromatic carbocycles. The zero-order valence-electron chi connectivity index (χ0n) is 16.1. The summed E-state index contributed by atoms with van der Waals surface area (Å²) < 4.78 is 10.8. The summed E-state index contributed by atoms with van der Waals surface area (Å²) in [6.45, 7) is 3.08. The summed E-state index contributed by atoms with van der Waals surface area (Å²) >= 11 is 0. The molecule has 1 heterocycles. The first kappa shape index (κ1) is 19.2. The van der Waals surface area contributed by atoms with Gasteiger partial charge in [0.15, 0.2) is 5.82 Å². The van der Waals surface area contributed by atoms with Crippen LogP contribution in [0.1, 0.15) is 56.7 Å². The summed E-state index contributed by atoms with van der Waals surface area (Å²) in [5, 5.41) is 6.95. The van der Waals surface area contributed by atoms with Crippen LogP contribution in [0.25, 0.3) is 0 Å². The average Bonchev–Trinajstić information content (AvgIpc) is 3.17. The minimum atomic E-state index is -0.171. The molecular weight excluding hydrogens is 344 g/mol. The van der Waals surface area contributed by atoms with Crippen LogP contribution in [0.5, 0.6) is 5.75 Å². The van der Waals surface area contributed by atoms with E-state index in [4.69, 9.17) is 9.26 Å². The molecule has 0 saturated heterocycles. The van der Waals surface area contributed by atoms with Crippen molar-refractivity contribution >= 4 is 11.7 Å². The summed E-state index contributed by atoms with van der Waals surface area (Å²) in [6.07, 6.45) is 6.60. The van der Waals surface area contributed by atoms with Crippen LogP contribution in [0.15, 0.2) is 28.8 Å². The van der Waals surface area contributed by atoms with Gasteiger partial charge in [0, 0.05) is 31.6 Å². The molecule has 2 aromatic rings. The van der Waals surface area contributed by atoms with Gasteiger partial charge in [-0.3, -0.25) is 0 Å². The van der Waals surface area contributed by atoms with Crippen LogP contribution in [0.3, 0.4) is 0 Å². The number of ether oxygens (including phenoxy) is 1. The lowest BCUT2D eigenvalue weighted by molar-refractivity contribution is 0.222. The Morgan fingerprint density at radius 1 is 1.26 bits per heavy atom. The van der Waals surface area contributed by atoms with E-state index in [1.807, 2.05) is 31.2 Å². The SMILES string of the molecule is CCOc1ccc(NC(=O)N(C)CCc2noc(C3CCCCC3)n2)cc1. The van der Waals surface area contributed by atoms with E-state index in [1.165, 1.54) is 19.3 Å². The molecule has 0 radical (unpaired) electrons. The average molecular weight is 372 g/mol.